The summed E-state index contributed by atoms with van der Waals surface area (Å²) in [5, 5.41) is 15.0. The van der Waals surface area contributed by atoms with Crippen LogP contribution in [-0.4, -0.2) is 46.3 Å². The van der Waals surface area contributed by atoms with Gasteiger partial charge in [0.1, 0.15) is 6.61 Å². The molecule has 2 heterocycles. The van der Waals surface area contributed by atoms with Gasteiger partial charge in [-0.2, -0.15) is 0 Å². The number of aliphatic hydroxyl groups is 1. The number of hydrogen-bond acceptors (Lipinski definition) is 4. The largest absolute Gasteiger partial charge is 0.480 e. The van der Waals surface area contributed by atoms with Crippen molar-refractivity contribution in [1.29, 1.82) is 0 Å². The predicted molar refractivity (Wildman–Crippen MR) is 68.3 cm³/mol. The third-order valence-electron chi connectivity index (χ3n) is 2.97. The Kier molecular flexibility index (Phi) is 5.74. The molecule has 2 N–H and O–H groups in total. The molecule has 5 nitrogen and oxygen atoms in total. The molecule has 1 atom stereocenters. The Bertz CT molecular complexity index is 378. The first-order chi connectivity index (χ1) is 8.54. The van der Waals surface area contributed by atoms with Gasteiger partial charge < -0.3 is 10.2 Å². The maximum Gasteiger partial charge on any atom is 0.329 e. The van der Waals surface area contributed by atoms with Crippen LogP contribution in [0.5, 0.6) is 0 Å². The third kappa shape index (κ3) is 4.43. The second kappa shape index (κ2) is 7.08. The molecule has 18 heavy (non-hydrogen) atoms. The van der Waals surface area contributed by atoms with E-state index in [1.165, 1.54) is 24.9 Å². The van der Waals surface area contributed by atoms with Crippen molar-refractivity contribution in [2.75, 3.05) is 20.2 Å². The molecular formula is C13H20N2O3. The number of nitrogens with zero attached hydrogens (tertiary/aromatic N) is 2. The van der Waals surface area contributed by atoms with Crippen LogP contribution in [0, 0.1) is 6.92 Å². The second-order valence-electron chi connectivity index (χ2n) is 4.42. The number of aliphatic carboxylic acids is 1. The number of carboxylic acids is 1. The number of hydrogen-bond donors (Lipinski definition) is 2. The summed E-state index contributed by atoms with van der Waals surface area (Å²) in [4.78, 5) is 15.9. The van der Waals surface area contributed by atoms with Gasteiger partial charge in [0.05, 0.1) is 0 Å². The zero-order valence-corrected chi connectivity index (χ0v) is 10.8. The molecule has 1 saturated heterocycles. The van der Waals surface area contributed by atoms with Crippen LogP contribution in [-0.2, 0) is 4.79 Å². The van der Waals surface area contributed by atoms with Crippen LogP contribution in [0.3, 0.4) is 0 Å². The number of rotatable bonds is 2. The van der Waals surface area contributed by atoms with E-state index in [4.69, 9.17) is 15.0 Å². The van der Waals surface area contributed by atoms with Crippen LogP contribution in [0.25, 0.3) is 0 Å². The molecule has 1 aliphatic heterocycles. The zero-order chi connectivity index (χ0) is 13.5. The van der Waals surface area contributed by atoms with Gasteiger partial charge in [-0.3, -0.25) is 9.88 Å². The van der Waals surface area contributed by atoms with Crippen molar-refractivity contribution in [2.24, 2.45) is 0 Å². The smallest absolute Gasteiger partial charge is 0.329 e. The normalized spacial score (nSPS) is 19.2. The molecule has 100 valence electrons. The molecule has 1 aromatic rings. The van der Waals surface area contributed by atoms with Crippen molar-refractivity contribution in [2.45, 2.75) is 25.8 Å². The van der Waals surface area contributed by atoms with Crippen LogP contribution < -0.4 is 0 Å². The highest BCUT2D eigenvalue weighted by molar-refractivity contribution is 5.67. The number of aryl methyl sites for hydroxylation is 1. The van der Waals surface area contributed by atoms with Gasteiger partial charge >= 0.3 is 5.97 Å². The second-order valence-corrected chi connectivity index (χ2v) is 4.42. The zero-order valence-electron chi connectivity index (χ0n) is 10.8. The first kappa shape index (κ1) is 14.6. The van der Waals surface area contributed by atoms with Crippen molar-refractivity contribution >= 4 is 5.97 Å². The van der Waals surface area contributed by atoms with Crippen molar-refractivity contribution < 1.29 is 15.0 Å². The highest BCUT2D eigenvalue weighted by Gasteiger charge is 2.22. The number of likely N-dealkylation sites (tertiary alicyclic amines) is 1. The molecule has 1 aromatic heterocycles. The van der Waals surface area contributed by atoms with Crippen LogP contribution in [0.15, 0.2) is 18.3 Å². The Hall–Kier alpha value is -1.46. The Balaban J connectivity index is 0.000000280. The maximum atomic E-state index is 9.12. The first-order valence-electron chi connectivity index (χ1n) is 6.00. The van der Waals surface area contributed by atoms with Crippen molar-refractivity contribution in [1.82, 2.24) is 9.88 Å². The molecule has 0 aromatic carbocycles. The fourth-order valence-electron chi connectivity index (χ4n) is 2.01. The van der Waals surface area contributed by atoms with Gasteiger partial charge in [0.2, 0.25) is 0 Å². The molecule has 2 rings (SSSR count). The van der Waals surface area contributed by atoms with E-state index < -0.39 is 12.6 Å². The minimum Gasteiger partial charge on any atom is -0.480 e. The number of carbonyl (C=O) groups is 1. The molecule has 1 aliphatic rings. The summed E-state index contributed by atoms with van der Waals surface area (Å²) in [6.07, 6.45) is 4.61. The van der Waals surface area contributed by atoms with Crippen LogP contribution in [0.1, 0.15) is 30.1 Å². The SMILES string of the molecule is Cc1ccc(C2CCCN2C)cn1.O=C(O)CO. The van der Waals surface area contributed by atoms with Crippen LogP contribution in [0.2, 0.25) is 0 Å². The lowest BCUT2D eigenvalue weighted by molar-refractivity contribution is -0.140. The van der Waals surface area contributed by atoms with Gasteiger partial charge in [-0.1, -0.05) is 6.07 Å². The molecule has 0 aliphatic carbocycles. The first-order valence-corrected chi connectivity index (χ1v) is 6.00. The summed E-state index contributed by atoms with van der Waals surface area (Å²) in [5.41, 5.74) is 2.47. The fourth-order valence-corrected chi connectivity index (χ4v) is 2.01. The highest BCUT2D eigenvalue weighted by Crippen LogP contribution is 2.29. The Labute approximate surface area is 107 Å². The summed E-state index contributed by atoms with van der Waals surface area (Å²) < 4.78 is 0. The molecule has 0 spiro atoms. The molecule has 1 unspecified atom stereocenters. The van der Waals surface area contributed by atoms with Gasteiger partial charge in [-0.15, -0.1) is 0 Å². The summed E-state index contributed by atoms with van der Waals surface area (Å²) in [5.74, 6) is -1.19. The van der Waals surface area contributed by atoms with Crippen LogP contribution >= 0.6 is 0 Å². The third-order valence-corrected chi connectivity index (χ3v) is 2.97. The number of aliphatic hydroxyl groups excluding tert-OH is 1. The lowest BCUT2D eigenvalue weighted by Crippen LogP contribution is -2.17. The topological polar surface area (TPSA) is 73.7 Å². The van der Waals surface area contributed by atoms with E-state index in [0.29, 0.717) is 6.04 Å². The van der Waals surface area contributed by atoms with Crippen molar-refractivity contribution in [3.05, 3.63) is 29.6 Å². The highest BCUT2D eigenvalue weighted by atomic mass is 16.4. The van der Waals surface area contributed by atoms with E-state index in [9.17, 15) is 0 Å². The molecule has 0 amide bonds. The Morgan fingerprint density at radius 2 is 2.22 bits per heavy atom. The molecule has 0 saturated carbocycles. The van der Waals surface area contributed by atoms with Gasteiger partial charge in [-0.05, 0) is 45.0 Å². The number of aromatic nitrogens is 1. The van der Waals surface area contributed by atoms with E-state index >= 15 is 0 Å². The number of pyridine rings is 1. The fraction of sp³-hybridized carbons (Fsp3) is 0.538. The van der Waals surface area contributed by atoms with E-state index in [1.54, 1.807) is 0 Å². The summed E-state index contributed by atoms with van der Waals surface area (Å²) in [7, 11) is 2.19. The monoisotopic (exact) mass is 252 g/mol. The summed E-state index contributed by atoms with van der Waals surface area (Å²) in [6, 6.07) is 4.91. The number of carboxylic acid groups (broad SMARTS) is 1. The molecular weight excluding hydrogens is 232 g/mol. The molecule has 1 fully saturated rings. The van der Waals surface area contributed by atoms with Gasteiger partial charge in [0.25, 0.3) is 0 Å². The summed E-state index contributed by atoms with van der Waals surface area (Å²) in [6.45, 7) is 2.47. The standard InChI is InChI=1S/C11H16N2.C2H4O3/c1-9-5-6-10(8-12-9)11-4-3-7-13(11)2;3-1-2(4)5/h5-6,8,11H,3-4,7H2,1-2H3;3H,1H2,(H,4,5). The van der Waals surface area contributed by atoms with E-state index in [1.807, 2.05) is 13.1 Å². The Morgan fingerprint density at radius 1 is 1.56 bits per heavy atom. The minimum absolute atomic E-state index is 0.605. The minimum atomic E-state index is -1.19. The Morgan fingerprint density at radius 3 is 2.61 bits per heavy atom. The average molecular weight is 252 g/mol. The van der Waals surface area contributed by atoms with Crippen molar-refractivity contribution in [3.8, 4) is 0 Å². The van der Waals surface area contributed by atoms with Gasteiger partial charge in [-0.25, -0.2) is 4.79 Å². The molecule has 0 radical (unpaired) electrons. The predicted octanol–water partition coefficient (Wildman–Crippen LogP) is 1.22. The van der Waals surface area contributed by atoms with E-state index in [0.717, 1.165) is 5.69 Å². The summed E-state index contributed by atoms with van der Waals surface area (Å²) >= 11 is 0. The maximum absolute atomic E-state index is 9.12. The molecule has 0 bridgehead atoms. The quantitative estimate of drug-likeness (QED) is 0.828. The van der Waals surface area contributed by atoms with Crippen molar-refractivity contribution in [3.63, 3.8) is 0 Å². The lowest BCUT2D eigenvalue weighted by Gasteiger charge is -2.19. The van der Waals surface area contributed by atoms with Gasteiger partial charge in [0.15, 0.2) is 0 Å². The van der Waals surface area contributed by atoms with Crippen LogP contribution in [0.4, 0.5) is 0 Å². The van der Waals surface area contributed by atoms with E-state index in [-0.39, 0.29) is 0 Å². The average Bonchev–Trinajstić information content (AvgIpc) is 2.77. The molecule has 5 heteroatoms. The lowest BCUT2D eigenvalue weighted by atomic mass is 10.1. The van der Waals surface area contributed by atoms with E-state index in [2.05, 4.69) is 29.1 Å². The van der Waals surface area contributed by atoms with Gasteiger partial charge in [0, 0.05) is 17.9 Å².